The normalized spacial score (nSPS) is 12.5. The Morgan fingerprint density at radius 2 is 1.88 bits per heavy atom. The molecule has 0 atom stereocenters. The standard InChI is InChI=1S/CH3Br2NO3S/c2-4(3)1-8(5,6)7/h1H2,(H,5,6,7). The molecule has 0 bridgehead atoms. The van der Waals surface area contributed by atoms with Gasteiger partial charge in [-0.25, -0.2) is 0 Å². The second-order valence-corrected chi connectivity index (χ2v) is 5.10. The van der Waals surface area contributed by atoms with Gasteiger partial charge in [0.2, 0.25) is 0 Å². The van der Waals surface area contributed by atoms with Crippen molar-refractivity contribution in [3.05, 3.63) is 0 Å². The zero-order chi connectivity index (χ0) is 6.78. The Kier molecular flexibility index (Phi) is 3.44. The average molecular weight is 269 g/mol. The minimum absolute atomic E-state index is 0.479. The smallest absolute Gasteiger partial charge is 0.280 e. The van der Waals surface area contributed by atoms with Crippen LogP contribution in [0, 0.1) is 0 Å². The Hall–Kier alpha value is 0.830. The monoisotopic (exact) mass is 267 g/mol. The van der Waals surface area contributed by atoms with E-state index in [2.05, 4.69) is 32.3 Å². The second-order valence-electron chi connectivity index (χ2n) is 1.01. The maximum Gasteiger partial charge on any atom is 0.280 e. The third-order valence-corrected chi connectivity index (χ3v) is 2.01. The average Bonchev–Trinajstić information content (AvgIpc) is 1.21. The number of nitrogens with zero attached hydrogens (tertiary/aromatic N) is 1. The van der Waals surface area contributed by atoms with Crippen LogP contribution >= 0.6 is 32.3 Å². The lowest BCUT2D eigenvalue weighted by Crippen LogP contribution is -2.11. The minimum Gasteiger partial charge on any atom is -0.285 e. The molecule has 4 nitrogen and oxygen atoms in total. The predicted molar refractivity (Wildman–Crippen MR) is 36.1 cm³/mol. The minimum atomic E-state index is -3.89. The molecular formula is CH3Br2NO3S. The van der Waals surface area contributed by atoms with Gasteiger partial charge in [-0.2, -0.15) is 11.4 Å². The first-order chi connectivity index (χ1) is 3.42. The van der Waals surface area contributed by atoms with E-state index >= 15 is 0 Å². The van der Waals surface area contributed by atoms with E-state index in [1.807, 2.05) is 0 Å². The third-order valence-electron chi connectivity index (χ3n) is 0.261. The fraction of sp³-hybridized carbons (Fsp3) is 1.00. The number of hydrogen-bond acceptors (Lipinski definition) is 3. The lowest BCUT2D eigenvalue weighted by atomic mass is 11.5. The molecule has 0 rings (SSSR count). The Morgan fingerprint density at radius 3 is 1.88 bits per heavy atom. The molecule has 0 aromatic rings. The van der Waals surface area contributed by atoms with E-state index in [0.717, 1.165) is 2.95 Å². The van der Waals surface area contributed by atoms with E-state index < -0.39 is 16.0 Å². The molecule has 8 heavy (non-hydrogen) atoms. The molecule has 0 aliphatic heterocycles. The zero-order valence-electron chi connectivity index (χ0n) is 3.58. The van der Waals surface area contributed by atoms with Gasteiger partial charge < -0.3 is 0 Å². The molecule has 0 aliphatic carbocycles. The molecule has 0 unspecified atom stereocenters. The maximum absolute atomic E-state index is 9.90. The van der Waals surface area contributed by atoms with Crippen molar-refractivity contribution in [1.29, 1.82) is 0 Å². The fourth-order valence-corrected chi connectivity index (χ4v) is 1.92. The first kappa shape index (κ1) is 8.83. The summed E-state index contributed by atoms with van der Waals surface area (Å²) in [6.07, 6.45) is 0. The van der Waals surface area contributed by atoms with Gasteiger partial charge in [-0.3, -0.25) is 4.55 Å². The van der Waals surface area contributed by atoms with Gasteiger partial charge in [-0.1, -0.05) is 0 Å². The quantitative estimate of drug-likeness (QED) is 0.593. The number of halogens is 2. The first-order valence-electron chi connectivity index (χ1n) is 1.46. The van der Waals surface area contributed by atoms with Crippen molar-refractivity contribution in [2.45, 2.75) is 0 Å². The molecule has 50 valence electrons. The van der Waals surface area contributed by atoms with Gasteiger partial charge in [0.25, 0.3) is 10.1 Å². The zero-order valence-corrected chi connectivity index (χ0v) is 7.57. The van der Waals surface area contributed by atoms with Crippen LogP contribution in [-0.2, 0) is 10.1 Å². The summed E-state index contributed by atoms with van der Waals surface area (Å²) < 4.78 is 28.8. The summed E-state index contributed by atoms with van der Waals surface area (Å²) in [5, 5.41) is 0. The van der Waals surface area contributed by atoms with Crippen LogP contribution in [-0.4, -0.2) is 21.8 Å². The van der Waals surface area contributed by atoms with Crippen LogP contribution in [0.15, 0.2) is 0 Å². The van der Waals surface area contributed by atoms with Crippen LogP contribution in [0.4, 0.5) is 0 Å². The van der Waals surface area contributed by atoms with Crippen molar-refractivity contribution >= 4 is 42.4 Å². The maximum atomic E-state index is 9.90. The van der Waals surface area contributed by atoms with Gasteiger partial charge in [-0.05, 0) is 0 Å². The Balaban J connectivity index is 3.75. The lowest BCUT2D eigenvalue weighted by Gasteiger charge is -1.98. The lowest BCUT2D eigenvalue weighted by molar-refractivity contribution is 0.477. The van der Waals surface area contributed by atoms with Gasteiger partial charge in [0, 0.05) is 32.3 Å². The van der Waals surface area contributed by atoms with Gasteiger partial charge in [-0.15, -0.1) is 0 Å². The summed E-state index contributed by atoms with van der Waals surface area (Å²) >= 11 is 5.44. The van der Waals surface area contributed by atoms with Gasteiger partial charge in [0.05, 0.1) is 0 Å². The molecule has 0 aromatic carbocycles. The molecule has 7 heteroatoms. The molecule has 0 radical (unpaired) electrons. The SMILES string of the molecule is O=S(=O)(O)CN(Br)Br. The highest BCUT2D eigenvalue weighted by molar-refractivity contribution is 9.21. The highest BCUT2D eigenvalue weighted by atomic mass is 79.9. The molecule has 0 amide bonds. The van der Waals surface area contributed by atoms with Crippen molar-refractivity contribution < 1.29 is 13.0 Å². The number of hydrogen-bond donors (Lipinski definition) is 1. The van der Waals surface area contributed by atoms with E-state index in [9.17, 15) is 8.42 Å². The van der Waals surface area contributed by atoms with Crippen LogP contribution in [0.25, 0.3) is 0 Å². The summed E-state index contributed by atoms with van der Waals surface area (Å²) in [7, 11) is -3.89. The molecular weight excluding hydrogens is 266 g/mol. The topological polar surface area (TPSA) is 57.6 Å². The van der Waals surface area contributed by atoms with Crippen molar-refractivity contribution in [3.63, 3.8) is 0 Å². The van der Waals surface area contributed by atoms with Crippen molar-refractivity contribution in [1.82, 2.24) is 2.95 Å². The van der Waals surface area contributed by atoms with Gasteiger partial charge in [0.15, 0.2) is 0 Å². The summed E-state index contributed by atoms with van der Waals surface area (Å²) in [6.45, 7) is 0. The van der Waals surface area contributed by atoms with Crippen molar-refractivity contribution in [2.75, 3.05) is 5.88 Å². The predicted octanol–water partition coefficient (Wildman–Crippen LogP) is 0.754. The van der Waals surface area contributed by atoms with E-state index in [4.69, 9.17) is 4.55 Å². The molecule has 1 N–H and O–H groups in total. The molecule has 0 aromatic heterocycles. The highest BCUT2D eigenvalue weighted by Crippen LogP contribution is 2.05. The highest BCUT2D eigenvalue weighted by Gasteiger charge is 2.06. The van der Waals surface area contributed by atoms with Crippen LogP contribution in [0.5, 0.6) is 0 Å². The van der Waals surface area contributed by atoms with Crippen molar-refractivity contribution in [3.8, 4) is 0 Å². The summed E-state index contributed by atoms with van der Waals surface area (Å²) in [4.78, 5) is 0. The van der Waals surface area contributed by atoms with E-state index in [1.54, 1.807) is 0 Å². The Labute approximate surface area is 64.3 Å². The molecule has 0 fully saturated rings. The van der Waals surface area contributed by atoms with Crippen LogP contribution in [0.1, 0.15) is 0 Å². The first-order valence-corrected chi connectivity index (χ1v) is 4.49. The molecule has 0 aliphatic rings. The molecule has 0 saturated carbocycles. The molecule has 0 spiro atoms. The van der Waals surface area contributed by atoms with E-state index in [-0.39, 0.29) is 0 Å². The van der Waals surface area contributed by atoms with Crippen molar-refractivity contribution in [2.24, 2.45) is 0 Å². The van der Waals surface area contributed by atoms with Gasteiger partial charge in [0.1, 0.15) is 5.88 Å². The van der Waals surface area contributed by atoms with Crippen LogP contribution in [0.2, 0.25) is 0 Å². The Morgan fingerprint density at radius 1 is 1.50 bits per heavy atom. The molecule has 0 heterocycles. The van der Waals surface area contributed by atoms with Crippen LogP contribution < -0.4 is 0 Å². The van der Waals surface area contributed by atoms with Crippen LogP contribution in [0.3, 0.4) is 0 Å². The van der Waals surface area contributed by atoms with E-state index in [0.29, 0.717) is 0 Å². The largest absolute Gasteiger partial charge is 0.285 e. The summed E-state index contributed by atoms with van der Waals surface area (Å²) in [6, 6.07) is 0. The molecule has 0 saturated heterocycles. The van der Waals surface area contributed by atoms with E-state index in [1.165, 1.54) is 0 Å². The third kappa shape index (κ3) is 6.83. The second kappa shape index (κ2) is 3.11. The fourth-order valence-electron chi connectivity index (χ4n) is 0.123. The summed E-state index contributed by atoms with van der Waals surface area (Å²) in [5.41, 5.74) is 0. The summed E-state index contributed by atoms with van der Waals surface area (Å²) in [5.74, 6) is -0.479. The Bertz CT molecular complexity index is 151. The number of rotatable bonds is 2. The van der Waals surface area contributed by atoms with Gasteiger partial charge >= 0.3 is 0 Å².